The van der Waals surface area contributed by atoms with E-state index >= 15 is 0 Å². The van der Waals surface area contributed by atoms with Crippen LogP contribution in [0.1, 0.15) is 11.1 Å². The number of hydrogen-bond donors (Lipinski definition) is 0. The van der Waals surface area contributed by atoms with Gasteiger partial charge >= 0.3 is 59.1 Å². The maximum absolute atomic E-state index is 11.9. The fourth-order valence-electron chi connectivity index (χ4n) is 14.9. The average molecular weight is 1450 g/mol. The molecular weight excluding hydrogens is 1380 g/mol. The van der Waals surface area contributed by atoms with Gasteiger partial charge < -0.3 is 9.11 Å². The summed E-state index contributed by atoms with van der Waals surface area (Å²) in [5.74, 6) is -1.15. The van der Waals surface area contributed by atoms with E-state index in [4.69, 9.17) is 0 Å². The summed E-state index contributed by atoms with van der Waals surface area (Å²) in [7, 11) is -8.97. The summed E-state index contributed by atoms with van der Waals surface area (Å²) in [6.45, 7) is 0. The van der Waals surface area contributed by atoms with Crippen LogP contribution < -0.4 is 59.1 Å². The van der Waals surface area contributed by atoms with Crippen LogP contribution in [0.4, 0.5) is 0 Å². The Balaban J connectivity index is 0.000000187. The van der Waals surface area contributed by atoms with Crippen LogP contribution in [0.15, 0.2) is 400 Å². The van der Waals surface area contributed by atoms with E-state index in [2.05, 4.69) is 291 Å². The first kappa shape index (κ1) is 75.6. The molecule has 0 fully saturated rings. The standard InChI is InChI=1S/2C49H36O3S.2Na/c2*50-53(51,52)34-36-20-4-5-22-38(36)40-24-8-9-26-42(40)44-28-12-13-30-46(44)48-32-16-17-33-49(48)47-31-15-14-29-45(47)43-27-11-10-25-41(43)39-23-7-6-21-37(39)35-18-2-1-3-19-35;;/h2*1-33H,34H2,(H,50,51,52);;/q;;2*+1/p-2. The van der Waals surface area contributed by atoms with E-state index in [9.17, 15) is 25.9 Å². The smallest absolute Gasteiger partial charge is 0.748 e. The maximum atomic E-state index is 11.9. The van der Waals surface area contributed by atoms with Crippen LogP contribution in [0.2, 0.25) is 0 Å². The van der Waals surface area contributed by atoms with Crippen molar-refractivity contribution in [2.24, 2.45) is 0 Å². The van der Waals surface area contributed by atoms with Crippen molar-refractivity contribution in [3.63, 3.8) is 0 Å². The van der Waals surface area contributed by atoms with Crippen molar-refractivity contribution in [2.45, 2.75) is 11.5 Å². The van der Waals surface area contributed by atoms with E-state index < -0.39 is 31.7 Å². The monoisotopic (exact) mass is 1450 g/mol. The molecule has 0 heterocycles. The molecule has 0 aromatic heterocycles. The van der Waals surface area contributed by atoms with E-state index in [-0.39, 0.29) is 59.1 Å². The van der Waals surface area contributed by atoms with Gasteiger partial charge in [0.05, 0.1) is 31.7 Å². The maximum Gasteiger partial charge on any atom is 1.00 e. The first-order valence-corrected chi connectivity index (χ1v) is 38.3. The fraction of sp³-hybridized carbons (Fsp3) is 0.0204. The zero-order valence-electron chi connectivity index (χ0n) is 59.8. The average Bonchev–Trinajstić information content (AvgIpc) is 0.765. The van der Waals surface area contributed by atoms with Gasteiger partial charge in [0.1, 0.15) is 0 Å². The Hall–Kier alpha value is -10.7. The van der Waals surface area contributed by atoms with E-state index in [1.807, 2.05) is 84.9 Å². The first-order valence-electron chi connectivity index (χ1n) is 35.2. The Morgan fingerprint density at radius 2 is 0.259 bits per heavy atom. The van der Waals surface area contributed by atoms with Crippen molar-refractivity contribution in [1.82, 2.24) is 0 Å². The zero-order valence-corrected chi connectivity index (χ0v) is 65.4. The van der Waals surface area contributed by atoms with Gasteiger partial charge in [0.15, 0.2) is 0 Å². The SMILES string of the molecule is O=S(=O)([O-])Cc1ccccc1-c1ccccc1-c1ccccc1-c1ccccc1-c1ccccc1-c1ccccc1-c1ccccc1-c1ccccc1.O=S(=O)([O-])Cc1ccccc1-c1ccccc1-c1ccccc1-c1ccccc1-c1ccccc1-c1ccccc1-c1ccccc1-c1ccccc1.[Na+].[Na+]. The molecule has 0 unspecified atom stereocenters. The molecule has 0 aliphatic heterocycles. The molecule has 6 nitrogen and oxygen atoms in total. The van der Waals surface area contributed by atoms with Gasteiger partial charge in [-0.2, -0.15) is 0 Å². The van der Waals surface area contributed by atoms with Gasteiger partial charge in [-0.1, -0.05) is 400 Å². The zero-order chi connectivity index (χ0) is 72.4. The van der Waals surface area contributed by atoms with Crippen molar-refractivity contribution in [3.05, 3.63) is 412 Å². The summed E-state index contributed by atoms with van der Waals surface area (Å²) in [6.07, 6.45) is 0. The Labute approximate surface area is 677 Å². The molecule has 0 aliphatic rings. The fourth-order valence-corrected chi connectivity index (χ4v) is 16.2. The predicted octanol–water partition coefficient (Wildman–Crippen LogP) is 18.8. The molecule has 0 saturated heterocycles. The summed E-state index contributed by atoms with van der Waals surface area (Å²) in [4.78, 5) is 0. The van der Waals surface area contributed by atoms with Crippen LogP contribution in [0.3, 0.4) is 0 Å². The van der Waals surface area contributed by atoms with Gasteiger partial charge in [0, 0.05) is 0 Å². The quantitative estimate of drug-likeness (QED) is 0.0624. The third kappa shape index (κ3) is 16.7. The summed E-state index contributed by atoms with van der Waals surface area (Å²) in [5.41, 5.74) is 30.6. The second-order valence-corrected chi connectivity index (χ2v) is 28.8. The molecule has 16 rings (SSSR count). The Morgan fingerprint density at radius 3 is 0.417 bits per heavy atom. The van der Waals surface area contributed by atoms with Crippen molar-refractivity contribution in [2.75, 3.05) is 0 Å². The van der Waals surface area contributed by atoms with Gasteiger partial charge in [0.2, 0.25) is 0 Å². The Kier molecular flexibility index (Phi) is 24.1. The third-order valence-electron chi connectivity index (χ3n) is 19.5. The van der Waals surface area contributed by atoms with E-state index in [0.29, 0.717) is 11.1 Å². The number of benzene rings is 16. The van der Waals surface area contributed by atoms with Crippen LogP contribution in [-0.2, 0) is 31.7 Å². The second kappa shape index (κ2) is 34.5. The summed E-state index contributed by atoms with van der Waals surface area (Å²) < 4.78 is 71.4. The molecule has 10 heteroatoms. The first-order chi connectivity index (χ1) is 51.9. The molecule has 0 spiro atoms. The van der Waals surface area contributed by atoms with Crippen molar-refractivity contribution in [1.29, 1.82) is 0 Å². The predicted molar refractivity (Wildman–Crippen MR) is 436 cm³/mol. The van der Waals surface area contributed by atoms with Crippen molar-refractivity contribution in [3.8, 4) is 156 Å². The van der Waals surface area contributed by atoms with Gasteiger partial charge in [-0.25, -0.2) is 16.8 Å². The van der Waals surface area contributed by atoms with Crippen molar-refractivity contribution < 1.29 is 85.1 Å². The number of hydrogen-bond acceptors (Lipinski definition) is 6. The summed E-state index contributed by atoms with van der Waals surface area (Å²) >= 11 is 0. The molecule has 512 valence electrons. The summed E-state index contributed by atoms with van der Waals surface area (Å²) in [5, 5.41) is 0. The Morgan fingerprint density at radius 1 is 0.148 bits per heavy atom. The summed E-state index contributed by atoms with van der Waals surface area (Å²) in [6, 6.07) is 137. The van der Waals surface area contributed by atoms with Crippen LogP contribution in [0, 0.1) is 0 Å². The molecule has 0 aliphatic carbocycles. The van der Waals surface area contributed by atoms with Gasteiger partial charge in [-0.3, -0.25) is 0 Å². The molecular formula is C98H70Na2O6S2. The van der Waals surface area contributed by atoms with Crippen LogP contribution in [-0.4, -0.2) is 25.9 Å². The van der Waals surface area contributed by atoms with Gasteiger partial charge in [-0.15, -0.1) is 0 Å². The topological polar surface area (TPSA) is 114 Å². The molecule has 0 amide bonds. The normalized spacial score (nSPS) is 11.1. The van der Waals surface area contributed by atoms with Gasteiger partial charge in [0.25, 0.3) is 0 Å². The molecule has 108 heavy (non-hydrogen) atoms. The third-order valence-corrected chi connectivity index (χ3v) is 20.8. The minimum atomic E-state index is -4.49. The van der Waals surface area contributed by atoms with Crippen LogP contribution >= 0.6 is 0 Å². The van der Waals surface area contributed by atoms with Gasteiger partial charge in [-0.05, 0) is 167 Å². The van der Waals surface area contributed by atoms with Crippen molar-refractivity contribution >= 4 is 20.2 Å². The van der Waals surface area contributed by atoms with E-state index in [0.717, 1.165) is 122 Å². The van der Waals surface area contributed by atoms with E-state index in [1.165, 1.54) is 33.4 Å². The Bertz CT molecular complexity index is 5750. The van der Waals surface area contributed by atoms with E-state index in [1.54, 1.807) is 24.3 Å². The van der Waals surface area contributed by atoms with Crippen LogP contribution in [0.25, 0.3) is 156 Å². The molecule has 0 bridgehead atoms. The molecule has 0 radical (unpaired) electrons. The molecule has 16 aromatic carbocycles. The molecule has 0 saturated carbocycles. The van der Waals surface area contributed by atoms with Crippen LogP contribution in [0.5, 0.6) is 0 Å². The second-order valence-electron chi connectivity index (χ2n) is 26.0. The largest absolute Gasteiger partial charge is 1.00 e. The molecule has 16 aromatic rings. The number of rotatable bonds is 18. The minimum Gasteiger partial charge on any atom is -0.748 e. The molecule has 0 atom stereocenters. The molecule has 0 N–H and O–H groups in total. The minimum absolute atomic E-state index is 0.